The van der Waals surface area contributed by atoms with E-state index in [-0.39, 0.29) is 11.5 Å². The molecule has 1 heterocycles. The average molecular weight is 523 g/mol. The van der Waals surface area contributed by atoms with Gasteiger partial charge in [-0.2, -0.15) is 0 Å². The molecule has 1 saturated heterocycles. The summed E-state index contributed by atoms with van der Waals surface area (Å²) in [5.74, 6) is -0.738. The lowest BCUT2D eigenvalue weighted by Gasteiger charge is -2.24. The largest absolute Gasteiger partial charge is 0.494 e. The molecule has 36 heavy (non-hydrogen) atoms. The van der Waals surface area contributed by atoms with Crippen molar-refractivity contribution in [3.63, 3.8) is 0 Å². The van der Waals surface area contributed by atoms with Gasteiger partial charge in [0, 0.05) is 22.3 Å². The minimum absolute atomic E-state index is 0.0599. The molecule has 3 aromatic rings. The molecule has 1 atom stereocenters. The van der Waals surface area contributed by atoms with Gasteiger partial charge in [0.2, 0.25) is 11.0 Å². The number of benzene rings is 3. The van der Waals surface area contributed by atoms with Gasteiger partial charge >= 0.3 is 0 Å². The second kappa shape index (κ2) is 11.2. The number of hydrogen-bond acceptors (Lipinski definition) is 5. The van der Waals surface area contributed by atoms with E-state index in [1.165, 1.54) is 9.91 Å². The van der Waals surface area contributed by atoms with Crippen LogP contribution in [0.1, 0.15) is 23.7 Å². The van der Waals surface area contributed by atoms with Crippen molar-refractivity contribution in [1.29, 1.82) is 0 Å². The van der Waals surface area contributed by atoms with E-state index in [0.717, 1.165) is 0 Å². The summed E-state index contributed by atoms with van der Waals surface area (Å²) in [5.41, 5.74) is 4.07. The van der Waals surface area contributed by atoms with Crippen LogP contribution in [-0.4, -0.2) is 40.5 Å². The van der Waals surface area contributed by atoms with E-state index in [1.54, 1.807) is 72.8 Å². The summed E-state index contributed by atoms with van der Waals surface area (Å²) in [6.45, 7) is 2.36. The van der Waals surface area contributed by atoms with E-state index < -0.39 is 23.8 Å². The second-order valence-electron chi connectivity index (χ2n) is 7.84. The maximum atomic E-state index is 13.4. The van der Waals surface area contributed by atoms with Crippen molar-refractivity contribution < 1.29 is 19.1 Å². The Morgan fingerprint density at radius 3 is 2.44 bits per heavy atom. The van der Waals surface area contributed by atoms with Crippen LogP contribution in [0.3, 0.4) is 0 Å². The smallest absolute Gasteiger partial charge is 0.269 e. The molecule has 8 nitrogen and oxygen atoms in total. The van der Waals surface area contributed by atoms with Gasteiger partial charge in [-0.25, -0.2) is 5.01 Å². The Bertz CT molecular complexity index is 1290. The standard InChI is InChI=1S/C26H23ClN4O4S/c1-2-35-21-10-6-7-19(15-21)28-23(32)16-22-25(34)30(20-8-4-3-5-9-20)26(36)31(22)29-24(33)17-11-13-18(27)14-12-17/h3-15,22H,2,16H2,1H3,(H,28,32)(H,29,33). The normalized spacial score (nSPS) is 15.1. The van der Waals surface area contributed by atoms with E-state index in [2.05, 4.69) is 10.7 Å². The van der Waals surface area contributed by atoms with Crippen LogP contribution in [0.25, 0.3) is 0 Å². The molecule has 1 aliphatic rings. The lowest BCUT2D eigenvalue weighted by Crippen LogP contribution is -2.49. The summed E-state index contributed by atoms with van der Waals surface area (Å²) in [6, 6.07) is 21.0. The molecule has 1 aliphatic heterocycles. The Morgan fingerprint density at radius 1 is 1.03 bits per heavy atom. The molecular formula is C26H23ClN4O4S. The molecule has 0 aliphatic carbocycles. The van der Waals surface area contributed by atoms with Crippen molar-refractivity contribution >= 4 is 58.0 Å². The first kappa shape index (κ1) is 25.2. The fourth-order valence-corrected chi connectivity index (χ4v) is 4.20. The van der Waals surface area contributed by atoms with Gasteiger partial charge < -0.3 is 10.1 Å². The summed E-state index contributed by atoms with van der Waals surface area (Å²) < 4.78 is 5.47. The Balaban J connectivity index is 1.57. The average Bonchev–Trinajstić information content (AvgIpc) is 3.09. The first-order valence-corrected chi connectivity index (χ1v) is 12.0. The number of hydrogen-bond donors (Lipinski definition) is 2. The predicted molar refractivity (Wildman–Crippen MR) is 142 cm³/mol. The molecule has 0 aromatic heterocycles. The van der Waals surface area contributed by atoms with Crippen LogP contribution >= 0.6 is 23.8 Å². The number of nitrogens with one attached hydrogen (secondary N) is 2. The molecule has 0 spiro atoms. The van der Waals surface area contributed by atoms with Crippen molar-refractivity contribution in [2.24, 2.45) is 0 Å². The van der Waals surface area contributed by atoms with Gasteiger partial charge in [0.1, 0.15) is 11.8 Å². The Morgan fingerprint density at radius 2 is 1.75 bits per heavy atom. The van der Waals surface area contributed by atoms with Crippen LogP contribution in [0.2, 0.25) is 5.02 Å². The maximum Gasteiger partial charge on any atom is 0.269 e. The van der Waals surface area contributed by atoms with Gasteiger partial charge in [-0.15, -0.1) is 0 Å². The zero-order valence-electron chi connectivity index (χ0n) is 19.3. The van der Waals surface area contributed by atoms with E-state index in [1.807, 2.05) is 13.0 Å². The fraction of sp³-hybridized carbons (Fsp3) is 0.154. The molecule has 0 bridgehead atoms. The fourth-order valence-electron chi connectivity index (χ4n) is 3.71. The Labute approximate surface area is 218 Å². The molecule has 1 unspecified atom stereocenters. The second-order valence-corrected chi connectivity index (χ2v) is 8.64. The predicted octanol–water partition coefficient (Wildman–Crippen LogP) is 4.41. The number of halogens is 1. The summed E-state index contributed by atoms with van der Waals surface area (Å²) in [6.07, 6.45) is -0.248. The topological polar surface area (TPSA) is 91.0 Å². The number of nitrogens with zero attached hydrogens (tertiary/aromatic N) is 2. The lowest BCUT2D eigenvalue weighted by molar-refractivity contribution is -0.124. The van der Waals surface area contributed by atoms with Gasteiger partial charge in [0.25, 0.3) is 11.8 Å². The minimum atomic E-state index is -1.05. The van der Waals surface area contributed by atoms with Gasteiger partial charge in [-0.05, 0) is 67.7 Å². The number of hydrazine groups is 1. The SMILES string of the molecule is CCOc1cccc(NC(=O)CC2C(=O)N(c3ccccc3)C(=S)N2NC(=O)c2ccc(Cl)cc2)c1. The molecule has 10 heteroatoms. The van der Waals surface area contributed by atoms with E-state index in [4.69, 9.17) is 28.6 Å². The molecule has 0 saturated carbocycles. The van der Waals surface area contributed by atoms with Crippen LogP contribution in [0.5, 0.6) is 5.75 Å². The third-order valence-electron chi connectivity index (χ3n) is 5.36. The zero-order chi connectivity index (χ0) is 25.7. The summed E-state index contributed by atoms with van der Waals surface area (Å²) in [7, 11) is 0. The van der Waals surface area contributed by atoms with Gasteiger partial charge in [0.15, 0.2) is 0 Å². The third-order valence-corrected chi connectivity index (χ3v) is 6.00. The van der Waals surface area contributed by atoms with Crippen molar-refractivity contribution in [3.05, 3.63) is 89.4 Å². The summed E-state index contributed by atoms with van der Waals surface area (Å²) in [4.78, 5) is 40.6. The molecule has 3 aromatic carbocycles. The molecular weight excluding hydrogens is 500 g/mol. The molecule has 0 radical (unpaired) electrons. The van der Waals surface area contributed by atoms with E-state index in [9.17, 15) is 14.4 Å². The summed E-state index contributed by atoms with van der Waals surface area (Å²) >= 11 is 11.5. The van der Waals surface area contributed by atoms with Crippen LogP contribution in [0.4, 0.5) is 11.4 Å². The number of carbonyl (C=O) groups is 3. The number of rotatable bonds is 8. The first-order chi connectivity index (χ1) is 17.4. The monoisotopic (exact) mass is 522 g/mol. The van der Waals surface area contributed by atoms with Crippen molar-refractivity contribution in [1.82, 2.24) is 10.4 Å². The number of amides is 3. The summed E-state index contributed by atoms with van der Waals surface area (Å²) in [5, 5.41) is 4.59. The Kier molecular flexibility index (Phi) is 7.82. The van der Waals surface area contributed by atoms with E-state index >= 15 is 0 Å². The molecule has 2 N–H and O–H groups in total. The quantitative estimate of drug-likeness (QED) is 0.426. The highest BCUT2D eigenvalue weighted by molar-refractivity contribution is 7.80. The number of carbonyl (C=O) groups excluding carboxylic acids is 3. The molecule has 4 rings (SSSR count). The highest BCUT2D eigenvalue weighted by atomic mass is 35.5. The highest BCUT2D eigenvalue weighted by Crippen LogP contribution is 2.27. The molecule has 3 amide bonds. The van der Waals surface area contributed by atoms with Crippen molar-refractivity contribution in [2.45, 2.75) is 19.4 Å². The van der Waals surface area contributed by atoms with Crippen LogP contribution in [0, 0.1) is 0 Å². The van der Waals surface area contributed by atoms with Crippen molar-refractivity contribution in [2.75, 3.05) is 16.8 Å². The van der Waals surface area contributed by atoms with Crippen molar-refractivity contribution in [3.8, 4) is 5.75 Å². The first-order valence-electron chi connectivity index (χ1n) is 11.2. The molecule has 1 fully saturated rings. The minimum Gasteiger partial charge on any atom is -0.494 e. The van der Waals surface area contributed by atoms with Crippen LogP contribution in [-0.2, 0) is 9.59 Å². The van der Waals surface area contributed by atoms with Crippen LogP contribution in [0.15, 0.2) is 78.9 Å². The highest BCUT2D eigenvalue weighted by Gasteiger charge is 2.45. The number of anilines is 2. The zero-order valence-corrected chi connectivity index (χ0v) is 20.9. The van der Waals surface area contributed by atoms with E-state index in [0.29, 0.717) is 34.3 Å². The molecule has 184 valence electrons. The number of ether oxygens (including phenoxy) is 1. The number of para-hydroxylation sites is 1. The van der Waals surface area contributed by atoms with Crippen LogP contribution < -0.4 is 20.4 Å². The van der Waals surface area contributed by atoms with Gasteiger partial charge in [-0.1, -0.05) is 35.9 Å². The third kappa shape index (κ3) is 5.64. The number of thiocarbonyl (C=S) groups is 1. The lowest BCUT2D eigenvalue weighted by atomic mass is 10.1. The maximum absolute atomic E-state index is 13.4. The van der Waals surface area contributed by atoms with Gasteiger partial charge in [-0.3, -0.25) is 24.7 Å². The Hall–Kier alpha value is -3.95. The van der Waals surface area contributed by atoms with Gasteiger partial charge in [0.05, 0.1) is 18.7 Å².